The average molecular weight is 213 g/mol. The zero-order valence-electron chi connectivity index (χ0n) is 10.8. The Kier molecular flexibility index (Phi) is 5.58. The van der Waals surface area contributed by atoms with Gasteiger partial charge in [0.25, 0.3) is 0 Å². The van der Waals surface area contributed by atoms with Crippen molar-refractivity contribution in [2.75, 3.05) is 40.8 Å². The summed E-state index contributed by atoms with van der Waals surface area (Å²) in [5.41, 5.74) is 0. The van der Waals surface area contributed by atoms with Gasteiger partial charge in [-0.15, -0.1) is 0 Å². The highest BCUT2D eigenvalue weighted by Gasteiger charge is 2.24. The fourth-order valence-corrected chi connectivity index (χ4v) is 2.51. The number of nitrogens with zero attached hydrogens (tertiary/aromatic N) is 2. The van der Waals surface area contributed by atoms with Crippen LogP contribution in [0, 0.1) is 0 Å². The van der Waals surface area contributed by atoms with E-state index in [4.69, 9.17) is 0 Å². The highest BCUT2D eigenvalue weighted by atomic mass is 15.2. The Morgan fingerprint density at radius 2 is 2.00 bits per heavy atom. The minimum atomic E-state index is 0.698. The van der Waals surface area contributed by atoms with Gasteiger partial charge in [-0.2, -0.15) is 0 Å². The quantitative estimate of drug-likeness (QED) is 0.735. The molecule has 0 radical (unpaired) electrons. The maximum Gasteiger partial charge on any atom is 0.0217 e. The maximum absolute atomic E-state index is 3.30. The summed E-state index contributed by atoms with van der Waals surface area (Å²) in [6, 6.07) is 1.49. The molecule has 0 aromatic heterocycles. The Hall–Kier alpha value is -0.120. The highest BCUT2D eigenvalue weighted by Crippen LogP contribution is 2.17. The normalized spacial score (nSPS) is 22.2. The van der Waals surface area contributed by atoms with Gasteiger partial charge >= 0.3 is 0 Å². The van der Waals surface area contributed by atoms with Gasteiger partial charge in [0, 0.05) is 18.6 Å². The van der Waals surface area contributed by atoms with Gasteiger partial charge in [-0.25, -0.2) is 0 Å². The number of hydrogen-bond donors (Lipinski definition) is 1. The molecule has 1 saturated heterocycles. The molecule has 0 bridgehead atoms. The second kappa shape index (κ2) is 6.46. The van der Waals surface area contributed by atoms with Crippen molar-refractivity contribution in [3.8, 4) is 0 Å². The van der Waals surface area contributed by atoms with Crippen molar-refractivity contribution in [1.82, 2.24) is 15.1 Å². The van der Waals surface area contributed by atoms with Crippen molar-refractivity contribution < 1.29 is 0 Å². The summed E-state index contributed by atoms with van der Waals surface area (Å²) in [7, 11) is 6.56. The van der Waals surface area contributed by atoms with Crippen LogP contribution in [0.1, 0.15) is 26.2 Å². The van der Waals surface area contributed by atoms with Gasteiger partial charge in [0.2, 0.25) is 0 Å². The molecule has 3 heteroatoms. The van der Waals surface area contributed by atoms with Crippen LogP contribution in [0.15, 0.2) is 0 Å². The molecule has 0 saturated carbocycles. The molecule has 0 aromatic rings. The lowest BCUT2D eigenvalue weighted by molar-refractivity contribution is 0.105. The Morgan fingerprint density at radius 1 is 1.40 bits per heavy atom. The number of likely N-dealkylation sites (tertiary alicyclic amines) is 1. The monoisotopic (exact) mass is 213 g/mol. The van der Waals surface area contributed by atoms with E-state index >= 15 is 0 Å². The molecule has 0 aromatic carbocycles. The Morgan fingerprint density at radius 3 is 2.47 bits per heavy atom. The lowest BCUT2D eigenvalue weighted by Gasteiger charge is -2.39. The third kappa shape index (κ3) is 3.74. The van der Waals surface area contributed by atoms with Crippen molar-refractivity contribution in [1.29, 1.82) is 0 Å². The third-order valence-corrected chi connectivity index (χ3v) is 3.75. The average Bonchev–Trinajstić information content (AvgIpc) is 2.26. The van der Waals surface area contributed by atoms with Crippen molar-refractivity contribution in [3.63, 3.8) is 0 Å². The van der Waals surface area contributed by atoms with Crippen LogP contribution in [0.2, 0.25) is 0 Å². The smallest absolute Gasteiger partial charge is 0.0217 e. The highest BCUT2D eigenvalue weighted by molar-refractivity contribution is 4.81. The second-order valence-electron chi connectivity index (χ2n) is 4.82. The van der Waals surface area contributed by atoms with Gasteiger partial charge in [-0.1, -0.05) is 6.92 Å². The first kappa shape index (κ1) is 12.9. The molecule has 15 heavy (non-hydrogen) atoms. The van der Waals surface area contributed by atoms with Crippen LogP contribution in [0.5, 0.6) is 0 Å². The minimum absolute atomic E-state index is 0.698. The summed E-state index contributed by atoms with van der Waals surface area (Å²) < 4.78 is 0. The first-order valence-corrected chi connectivity index (χ1v) is 6.24. The molecular formula is C12H27N3. The SMILES string of the molecule is CCC(CNC)N(C)C1CCN(C)CC1. The predicted molar refractivity (Wildman–Crippen MR) is 66.3 cm³/mol. The number of piperidine rings is 1. The van der Waals surface area contributed by atoms with E-state index in [2.05, 4.69) is 36.1 Å². The van der Waals surface area contributed by atoms with E-state index in [1.54, 1.807) is 0 Å². The lowest BCUT2D eigenvalue weighted by atomic mass is 10.0. The Bertz CT molecular complexity index is 164. The predicted octanol–water partition coefficient (Wildman–Crippen LogP) is 1.01. The Balaban J connectivity index is 2.40. The standard InChI is InChI=1S/C12H27N3/c1-5-11(10-13-2)15(4)12-6-8-14(3)9-7-12/h11-13H,5-10H2,1-4H3. The van der Waals surface area contributed by atoms with E-state index < -0.39 is 0 Å². The zero-order chi connectivity index (χ0) is 11.3. The molecule has 1 atom stereocenters. The number of hydrogen-bond acceptors (Lipinski definition) is 3. The first-order chi connectivity index (χ1) is 7.19. The fourth-order valence-electron chi connectivity index (χ4n) is 2.51. The molecule has 1 N–H and O–H groups in total. The summed E-state index contributed by atoms with van der Waals surface area (Å²) in [6.07, 6.45) is 3.89. The number of rotatable bonds is 5. The summed E-state index contributed by atoms with van der Waals surface area (Å²) in [5, 5.41) is 3.30. The van der Waals surface area contributed by atoms with Gasteiger partial charge in [0.1, 0.15) is 0 Å². The van der Waals surface area contributed by atoms with Gasteiger partial charge in [0.05, 0.1) is 0 Å². The zero-order valence-corrected chi connectivity index (χ0v) is 10.8. The second-order valence-corrected chi connectivity index (χ2v) is 4.82. The van der Waals surface area contributed by atoms with Crippen LogP contribution in [-0.2, 0) is 0 Å². The minimum Gasteiger partial charge on any atom is -0.318 e. The summed E-state index contributed by atoms with van der Waals surface area (Å²) in [6.45, 7) is 5.91. The summed E-state index contributed by atoms with van der Waals surface area (Å²) >= 11 is 0. The van der Waals surface area contributed by atoms with E-state index in [0.717, 1.165) is 12.6 Å². The van der Waals surface area contributed by atoms with Crippen molar-refractivity contribution in [3.05, 3.63) is 0 Å². The Labute approximate surface area is 94.8 Å². The largest absolute Gasteiger partial charge is 0.318 e. The van der Waals surface area contributed by atoms with E-state index in [9.17, 15) is 0 Å². The topological polar surface area (TPSA) is 18.5 Å². The van der Waals surface area contributed by atoms with Crippen molar-refractivity contribution in [2.24, 2.45) is 0 Å². The molecule has 1 unspecified atom stereocenters. The van der Waals surface area contributed by atoms with Crippen molar-refractivity contribution in [2.45, 2.75) is 38.3 Å². The van der Waals surface area contributed by atoms with Crippen LogP contribution >= 0.6 is 0 Å². The first-order valence-electron chi connectivity index (χ1n) is 6.24. The number of nitrogens with one attached hydrogen (secondary N) is 1. The molecule has 90 valence electrons. The molecule has 1 heterocycles. The maximum atomic E-state index is 3.30. The molecule has 0 amide bonds. The molecule has 1 rings (SSSR count). The molecule has 0 spiro atoms. The third-order valence-electron chi connectivity index (χ3n) is 3.75. The van der Waals surface area contributed by atoms with Crippen LogP contribution in [-0.4, -0.2) is 62.7 Å². The van der Waals surface area contributed by atoms with E-state index in [1.165, 1.54) is 32.4 Å². The summed E-state index contributed by atoms with van der Waals surface area (Å²) in [5.74, 6) is 0. The summed E-state index contributed by atoms with van der Waals surface area (Å²) in [4.78, 5) is 5.02. The van der Waals surface area contributed by atoms with Crippen LogP contribution in [0.3, 0.4) is 0 Å². The van der Waals surface area contributed by atoms with Gasteiger partial charge in [-0.3, -0.25) is 4.90 Å². The lowest BCUT2D eigenvalue weighted by Crippen LogP contribution is -2.48. The van der Waals surface area contributed by atoms with E-state index in [1.807, 2.05) is 7.05 Å². The van der Waals surface area contributed by atoms with E-state index in [-0.39, 0.29) is 0 Å². The van der Waals surface area contributed by atoms with E-state index in [0.29, 0.717) is 6.04 Å². The molecule has 1 aliphatic heterocycles. The molecule has 3 nitrogen and oxygen atoms in total. The fraction of sp³-hybridized carbons (Fsp3) is 1.00. The van der Waals surface area contributed by atoms with Crippen LogP contribution < -0.4 is 5.32 Å². The molecule has 0 aliphatic carbocycles. The molecule has 1 fully saturated rings. The molecule has 1 aliphatic rings. The van der Waals surface area contributed by atoms with Gasteiger partial charge in [-0.05, 0) is 53.5 Å². The van der Waals surface area contributed by atoms with Crippen LogP contribution in [0.4, 0.5) is 0 Å². The molecular weight excluding hydrogens is 186 g/mol. The van der Waals surface area contributed by atoms with Gasteiger partial charge < -0.3 is 10.2 Å². The van der Waals surface area contributed by atoms with Gasteiger partial charge in [0.15, 0.2) is 0 Å². The number of likely N-dealkylation sites (N-methyl/N-ethyl adjacent to an activating group) is 2. The van der Waals surface area contributed by atoms with Crippen molar-refractivity contribution >= 4 is 0 Å². The van der Waals surface area contributed by atoms with Crippen LogP contribution in [0.25, 0.3) is 0 Å².